The quantitative estimate of drug-likeness (QED) is 0.652. The Labute approximate surface area is 149 Å². The summed E-state index contributed by atoms with van der Waals surface area (Å²) >= 11 is 0. The molecule has 1 heterocycles. The summed E-state index contributed by atoms with van der Waals surface area (Å²) in [7, 11) is 0. The zero-order valence-corrected chi connectivity index (χ0v) is 14.5. The van der Waals surface area contributed by atoms with E-state index in [0.717, 1.165) is 6.61 Å². The molecule has 1 saturated heterocycles. The number of hydrogen-bond acceptors (Lipinski definition) is 2. The molecule has 0 spiro atoms. The van der Waals surface area contributed by atoms with Gasteiger partial charge in [-0.25, -0.2) is 0 Å². The van der Waals surface area contributed by atoms with Gasteiger partial charge in [0.2, 0.25) is 0 Å². The van der Waals surface area contributed by atoms with Crippen molar-refractivity contribution in [2.24, 2.45) is 0 Å². The van der Waals surface area contributed by atoms with Crippen LogP contribution in [0.15, 0.2) is 91.0 Å². The van der Waals surface area contributed by atoms with Crippen LogP contribution >= 0.6 is 0 Å². The summed E-state index contributed by atoms with van der Waals surface area (Å²) in [6.45, 7) is 2.88. The summed E-state index contributed by atoms with van der Waals surface area (Å²) in [6.07, 6.45) is 0.0654. The fourth-order valence-corrected chi connectivity index (χ4v) is 3.80. The maximum absolute atomic E-state index is 6.08. The first-order chi connectivity index (χ1) is 12.3. The second kappa shape index (κ2) is 7.22. The molecule has 3 aromatic carbocycles. The zero-order valence-electron chi connectivity index (χ0n) is 14.5. The van der Waals surface area contributed by atoms with Crippen LogP contribution in [0.2, 0.25) is 0 Å². The van der Waals surface area contributed by atoms with E-state index in [9.17, 15) is 0 Å². The van der Waals surface area contributed by atoms with Crippen molar-refractivity contribution in [2.45, 2.75) is 25.2 Å². The standard InChI is InChI=1S/C23H23NO/c1-18-24(22(17-25-18)19-11-5-2-6-12-19)23(20-13-7-3-8-14-20)21-15-9-4-10-16-21/h2-16,18,22-23H,17H2,1H3/t18-,22-/m0/s1. The van der Waals surface area contributed by atoms with E-state index < -0.39 is 0 Å². The van der Waals surface area contributed by atoms with Gasteiger partial charge in [0.05, 0.1) is 18.7 Å². The minimum Gasteiger partial charge on any atom is -0.361 e. The van der Waals surface area contributed by atoms with Crippen LogP contribution < -0.4 is 0 Å². The highest BCUT2D eigenvalue weighted by atomic mass is 16.5. The molecule has 0 amide bonds. The van der Waals surface area contributed by atoms with Crippen LogP contribution in [0.5, 0.6) is 0 Å². The van der Waals surface area contributed by atoms with Crippen LogP contribution in [0, 0.1) is 0 Å². The molecule has 1 aliphatic rings. The van der Waals surface area contributed by atoms with Gasteiger partial charge in [0.15, 0.2) is 0 Å². The third kappa shape index (κ3) is 3.23. The largest absolute Gasteiger partial charge is 0.361 e. The predicted octanol–water partition coefficient (Wildman–Crippen LogP) is 5.20. The summed E-state index contributed by atoms with van der Waals surface area (Å²) in [5, 5.41) is 0. The first kappa shape index (κ1) is 16.1. The van der Waals surface area contributed by atoms with E-state index in [0.29, 0.717) is 0 Å². The highest BCUT2D eigenvalue weighted by Crippen LogP contribution is 2.41. The Morgan fingerprint density at radius 1 is 0.760 bits per heavy atom. The van der Waals surface area contributed by atoms with Gasteiger partial charge in [0.1, 0.15) is 6.23 Å². The number of benzene rings is 3. The van der Waals surface area contributed by atoms with Crippen molar-refractivity contribution in [3.63, 3.8) is 0 Å². The van der Waals surface area contributed by atoms with Crippen molar-refractivity contribution < 1.29 is 4.74 Å². The van der Waals surface area contributed by atoms with E-state index in [1.54, 1.807) is 0 Å². The second-order valence-electron chi connectivity index (χ2n) is 6.53. The number of hydrogen-bond donors (Lipinski definition) is 0. The SMILES string of the molecule is C[C@@H]1OC[C@@H](c2ccccc2)N1C(c1ccccc1)c1ccccc1. The molecule has 1 fully saturated rings. The van der Waals surface area contributed by atoms with Gasteiger partial charge in [0, 0.05) is 0 Å². The molecule has 0 N–H and O–H groups in total. The minimum atomic E-state index is 0.0654. The van der Waals surface area contributed by atoms with Crippen molar-refractivity contribution in [2.75, 3.05) is 6.61 Å². The van der Waals surface area contributed by atoms with Gasteiger partial charge in [-0.05, 0) is 23.6 Å². The molecule has 4 rings (SSSR count). The van der Waals surface area contributed by atoms with Crippen LogP contribution in [0.25, 0.3) is 0 Å². The van der Waals surface area contributed by atoms with E-state index in [1.165, 1.54) is 16.7 Å². The fraction of sp³-hybridized carbons (Fsp3) is 0.217. The normalized spacial score (nSPS) is 20.9. The Morgan fingerprint density at radius 3 is 1.76 bits per heavy atom. The van der Waals surface area contributed by atoms with E-state index in [1.807, 2.05) is 0 Å². The van der Waals surface area contributed by atoms with Crippen LogP contribution in [-0.4, -0.2) is 17.7 Å². The Morgan fingerprint density at radius 2 is 1.24 bits per heavy atom. The van der Waals surface area contributed by atoms with Crippen LogP contribution in [-0.2, 0) is 4.74 Å². The third-order valence-corrected chi connectivity index (χ3v) is 4.99. The van der Waals surface area contributed by atoms with Crippen LogP contribution in [0.1, 0.15) is 35.7 Å². The topological polar surface area (TPSA) is 12.5 Å². The van der Waals surface area contributed by atoms with Crippen molar-refractivity contribution in [1.29, 1.82) is 0 Å². The number of rotatable bonds is 4. The molecule has 0 unspecified atom stereocenters. The van der Waals surface area contributed by atoms with E-state index in [2.05, 4.69) is 103 Å². The van der Waals surface area contributed by atoms with E-state index in [4.69, 9.17) is 4.74 Å². The average Bonchev–Trinajstić information content (AvgIpc) is 3.06. The number of ether oxygens (including phenoxy) is 1. The molecule has 1 aliphatic heterocycles. The second-order valence-corrected chi connectivity index (χ2v) is 6.53. The molecule has 0 saturated carbocycles. The Balaban J connectivity index is 1.80. The van der Waals surface area contributed by atoms with E-state index in [-0.39, 0.29) is 18.3 Å². The summed E-state index contributed by atoms with van der Waals surface area (Å²) in [5.41, 5.74) is 3.91. The summed E-state index contributed by atoms with van der Waals surface area (Å²) in [6, 6.07) is 32.6. The predicted molar refractivity (Wildman–Crippen MR) is 101 cm³/mol. The molecule has 2 atom stereocenters. The van der Waals surface area contributed by atoms with E-state index >= 15 is 0 Å². The van der Waals surface area contributed by atoms with Crippen molar-refractivity contribution >= 4 is 0 Å². The lowest BCUT2D eigenvalue weighted by atomic mass is 9.94. The maximum Gasteiger partial charge on any atom is 0.109 e. The molecule has 0 aromatic heterocycles. The van der Waals surface area contributed by atoms with Crippen LogP contribution in [0.3, 0.4) is 0 Å². The van der Waals surface area contributed by atoms with Gasteiger partial charge in [0.25, 0.3) is 0 Å². The summed E-state index contributed by atoms with van der Waals surface area (Å²) < 4.78 is 6.08. The molecule has 0 radical (unpaired) electrons. The van der Waals surface area contributed by atoms with Crippen molar-refractivity contribution in [1.82, 2.24) is 4.90 Å². The van der Waals surface area contributed by atoms with Gasteiger partial charge in [-0.2, -0.15) is 0 Å². The molecule has 25 heavy (non-hydrogen) atoms. The molecule has 2 nitrogen and oxygen atoms in total. The minimum absolute atomic E-state index is 0.0654. The van der Waals surface area contributed by atoms with Gasteiger partial charge >= 0.3 is 0 Å². The molecule has 0 aliphatic carbocycles. The fourth-order valence-electron chi connectivity index (χ4n) is 3.80. The third-order valence-electron chi connectivity index (χ3n) is 4.99. The Bertz CT molecular complexity index is 749. The molecule has 126 valence electrons. The lowest BCUT2D eigenvalue weighted by Crippen LogP contribution is -2.35. The number of nitrogens with zero attached hydrogens (tertiary/aromatic N) is 1. The molecule has 3 aromatic rings. The van der Waals surface area contributed by atoms with Gasteiger partial charge < -0.3 is 4.74 Å². The van der Waals surface area contributed by atoms with Gasteiger partial charge in [-0.15, -0.1) is 0 Å². The molecule has 0 bridgehead atoms. The molecular weight excluding hydrogens is 306 g/mol. The molecular formula is C23H23NO. The monoisotopic (exact) mass is 329 g/mol. The van der Waals surface area contributed by atoms with Gasteiger partial charge in [-0.1, -0.05) is 91.0 Å². The lowest BCUT2D eigenvalue weighted by Gasteiger charge is -2.35. The van der Waals surface area contributed by atoms with Crippen LogP contribution in [0.4, 0.5) is 0 Å². The Kier molecular flexibility index (Phi) is 4.64. The van der Waals surface area contributed by atoms with Crippen molar-refractivity contribution in [3.05, 3.63) is 108 Å². The maximum atomic E-state index is 6.08. The first-order valence-corrected chi connectivity index (χ1v) is 8.88. The highest BCUT2D eigenvalue weighted by Gasteiger charge is 2.38. The van der Waals surface area contributed by atoms with Crippen molar-refractivity contribution in [3.8, 4) is 0 Å². The molecule has 2 heteroatoms. The average molecular weight is 329 g/mol. The van der Waals surface area contributed by atoms with Gasteiger partial charge in [-0.3, -0.25) is 4.90 Å². The Hall–Kier alpha value is -2.42. The first-order valence-electron chi connectivity index (χ1n) is 8.88. The smallest absolute Gasteiger partial charge is 0.109 e. The summed E-state index contributed by atoms with van der Waals surface area (Å²) in [4.78, 5) is 2.50. The lowest BCUT2D eigenvalue weighted by molar-refractivity contribution is 0.0295. The zero-order chi connectivity index (χ0) is 17.1. The summed E-state index contributed by atoms with van der Waals surface area (Å²) in [5.74, 6) is 0. The highest BCUT2D eigenvalue weighted by molar-refractivity contribution is 5.33.